The smallest absolute Gasteiger partial charge is 0.315 e. The highest BCUT2D eigenvalue weighted by Gasteiger charge is 2.42. The zero-order chi connectivity index (χ0) is 21.1. The first-order chi connectivity index (χ1) is 14.5. The van der Waals surface area contributed by atoms with Crippen molar-refractivity contribution in [1.29, 1.82) is 0 Å². The van der Waals surface area contributed by atoms with Crippen molar-refractivity contribution in [2.45, 2.75) is 69.3 Å². The van der Waals surface area contributed by atoms with Gasteiger partial charge in [0, 0.05) is 36.4 Å². The van der Waals surface area contributed by atoms with Gasteiger partial charge in [0.25, 0.3) is 0 Å². The van der Waals surface area contributed by atoms with E-state index in [2.05, 4.69) is 40.4 Å². The van der Waals surface area contributed by atoms with E-state index in [1.54, 1.807) is 0 Å². The van der Waals surface area contributed by atoms with E-state index < -0.39 is 0 Å². The molecule has 0 saturated carbocycles. The van der Waals surface area contributed by atoms with Gasteiger partial charge in [-0.3, -0.25) is 4.79 Å². The number of carbonyl (C=O) groups is 2. The van der Waals surface area contributed by atoms with E-state index in [9.17, 15) is 9.59 Å². The van der Waals surface area contributed by atoms with Gasteiger partial charge >= 0.3 is 6.03 Å². The van der Waals surface area contributed by atoms with Crippen LogP contribution in [-0.2, 0) is 11.2 Å². The summed E-state index contributed by atoms with van der Waals surface area (Å²) >= 11 is 1.92. The molecule has 0 aliphatic carbocycles. The van der Waals surface area contributed by atoms with Crippen LogP contribution in [0.4, 0.5) is 4.79 Å². The number of benzene rings is 1. The molecule has 3 N–H and O–H groups in total. The molecule has 1 aromatic heterocycles. The summed E-state index contributed by atoms with van der Waals surface area (Å²) in [7, 11) is 0. The number of hydrogen-bond acceptors (Lipinski definition) is 4. The minimum Gasteiger partial charge on any atom is -0.356 e. The van der Waals surface area contributed by atoms with Gasteiger partial charge in [0.15, 0.2) is 0 Å². The summed E-state index contributed by atoms with van der Waals surface area (Å²) in [6.07, 6.45) is 4.21. The third-order valence-electron chi connectivity index (χ3n) is 5.94. The maximum absolute atomic E-state index is 12.2. The van der Waals surface area contributed by atoms with Crippen LogP contribution in [0.2, 0.25) is 0 Å². The van der Waals surface area contributed by atoms with Crippen molar-refractivity contribution in [3.63, 3.8) is 0 Å². The third-order valence-corrected chi connectivity index (χ3v) is 7.45. The van der Waals surface area contributed by atoms with Crippen LogP contribution in [0.15, 0.2) is 24.3 Å². The average Bonchev–Trinajstić information content (AvgIpc) is 3.37. The van der Waals surface area contributed by atoms with Gasteiger partial charge in [0.05, 0.1) is 23.1 Å². The summed E-state index contributed by atoms with van der Waals surface area (Å²) in [6.45, 7) is 4.93. The van der Waals surface area contributed by atoms with Crippen LogP contribution in [-0.4, -0.2) is 51.1 Å². The van der Waals surface area contributed by atoms with Gasteiger partial charge in [-0.05, 0) is 38.8 Å². The van der Waals surface area contributed by atoms with Crippen molar-refractivity contribution >= 4 is 34.7 Å². The molecule has 7 nitrogen and oxygen atoms in total. The number of urea groups is 1. The SMILES string of the molecule is CC(C)n1c(CCNC(=O)CCCC[C@@H]2SC[C@@H]3NC(=O)N[C@@H]32)nc2ccccc21. The Kier molecular flexibility index (Phi) is 6.51. The van der Waals surface area contributed by atoms with Gasteiger partial charge in [0.2, 0.25) is 5.91 Å². The molecule has 8 heteroatoms. The Morgan fingerprint density at radius 1 is 1.30 bits per heavy atom. The number of thioether (sulfide) groups is 1. The van der Waals surface area contributed by atoms with E-state index in [0.29, 0.717) is 24.3 Å². The van der Waals surface area contributed by atoms with Gasteiger partial charge in [-0.15, -0.1) is 0 Å². The molecular formula is C22H31N5O2S. The van der Waals surface area contributed by atoms with Gasteiger partial charge < -0.3 is 20.5 Å². The first-order valence-corrected chi connectivity index (χ1v) is 12.0. The predicted octanol–water partition coefficient (Wildman–Crippen LogP) is 3.00. The number of nitrogens with one attached hydrogen (secondary N) is 3. The van der Waals surface area contributed by atoms with Crippen molar-refractivity contribution in [3.8, 4) is 0 Å². The fourth-order valence-corrected chi connectivity index (χ4v) is 6.07. The monoisotopic (exact) mass is 429 g/mol. The van der Waals surface area contributed by atoms with Gasteiger partial charge in [-0.2, -0.15) is 11.8 Å². The number of unbranched alkanes of at least 4 members (excludes halogenated alkanes) is 1. The topological polar surface area (TPSA) is 88.0 Å². The Hall–Kier alpha value is -2.22. The molecule has 3 heterocycles. The molecule has 2 aliphatic heterocycles. The molecule has 162 valence electrons. The van der Waals surface area contributed by atoms with E-state index in [4.69, 9.17) is 4.98 Å². The molecule has 1 aromatic carbocycles. The number of hydrogen-bond donors (Lipinski definition) is 3. The van der Waals surface area contributed by atoms with Crippen LogP contribution in [0.1, 0.15) is 51.4 Å². The van der Waals surface area contributed by atoms with Crippen LogP contribution in [0.25, 0.3) is 11.0 Å². The number of amides is 3. The largest absolute Gasteiger partial charge is 0.356 e. The zero-order valence-electron chi connectivity index (χ0n) is 17.7. The second kappa shape index (κ2) is 9.29. The molecule has 3 amide bonds. The second-order valence-corrected chi connectivity index (χ2v) is 9.72. The predicted molar refractivity (Wildman–Crippen MR) is 121 cm³/mol. The van der Waals surface area contributed by atoms with Crippen LogP contribution >= 0.6 is 11.8 Å². The van der Waals surface area contributed by atoms with E-state index in [1.807, 2.05) is 30.0 Å². The molecule has 0 radical (unpaired) electrons. The number of nitrogens with zero attached hydrogens (tertiary/aromatic N) is 2. The fraction of sp³-hybridized carbons (Fsp3) is 0.591. The summed E-state index contributed by atoms with van der Waals surface area (Å²) in [5.41, 5.74) is 2.16. The lowest BCUT2D eigenvalue weighted by Gasteiger charge is -2.16. The molecule has 0 bridgehead atoms. The number of para-hydroxylation sites is 2. The van der Waals surface area contributed by atoms with Crippen LogP contribution in [0, 0.1) is 0 Å². The maximum atomic E-state index is 12.2. The second-order valence-electron chi connectivity index (χ2n) is 8.45. The van der Waals surface area contributed by atoms with E-state index >= 15 is 0 Å². The minimum atomic E-state index is -0.0410. The molecule has 2 saturated heterocycles. The molecule has 3 atom stereocenters. The van der Waals surface area contributed by atoms with Crippen molar-refractivity contribution < 1.29 is 9.59 Å². The molecule has 30 heavy (non-hydrogen) atoms. The molecule has 0 unspecified atom stereocenters. The molecule has 4 rings (SSSR count). The van der Waals surface area contributed by atoms with Crippen LogP contribution < -0.4 is 16.0 Å². The molecule has 2 aromatic rings. The summed E-state index contributed by atoms with van der Waals surface area (Å²) in [4.78, 5) is 28.4. The quantitative estimate of drug-likeness (QED) is 0.422. The first kappa shape index (κ1) is 21.0. The highest BCUT2D eigenvalue weighted by atomic mass is 32.2. The van der Waals surface area contributed by atoms with Crippen molar-refractivity contribution in [2.24, 2.45) is 0 Å². The number of carbonyl (C=O) groups excluding carboxylic acids is 2. The Labute approximate surface area is 181 Å². The standard InChI is InChI=1S/C22H31N5O2S/c1-14(2)27-17-8-4-3-7-15(17)24-19(27)11-12-23-20(28)10-6-5-9-18-21-16(13-30-18)25-22(29)26-21/h3-4,7-8,14,16,18,21H,5-6,9-13H2,1-2H3,(H,23,28)(H2,25,26,29)/t16-,18-,21-/m0/s1. The number of fused-ring (bicyclic) bond motifs is 2. The summed E-state index contributed by atoms with van der Waals surface area (Å²) in [5, 5.41) is 9.50. The van der Waals surface area contributed by atoms with Gasteiger partial charge in [-0.1, -0.05) is 18.6 Å². The third kappa shape index (κ3) is 4.58. The van der Waals surface area contributed by atoms with Gasteiger partial charge in [0.1, 0.15) is 5.82 Å². The molecule has 2 fully saturated rings. The summed E-state index contributed by atoms with van der Waals surface area (Å²) in [6, 6.07) is 8.98. The summed E-state index contributed by atoms with van der Waals surface area (Å²) < 4.78 is 2.25. The van der Waals surface area contributed by atoms with Crippen molar-refractivity contribution in [1.82, 2.24) is 25.5 Å². The normalized spacial score (nSPS) is 22.9. The van der Waals surface area contributed by atoms with Crippen molar-refractivity contribution in [2.75, 3.05) is 12.3 Å². The minimum absolute atomic E-state index is 0.0410. The Morgan fingerprint density at radius 2 is 2.13 bits per heavy atom. The molecule has 0 spiro atoms. The van der Waals surface area contributed by atoms with Crippen LogP contribution in [0.3, 0.4) is 0 Å². The first-order valence-electron chi connectivity index (χ1n) is 10.9. The highest BCUT2D eigenvalue weighted by Crippen LogP contribution is 2.33. The molecule has 2 aliphatic rings. The lowest BCUT2D eigenvalue weighted by atomic mass is 10.0. The Bertz CT molecular complexity index is 912. The van der Waals surface area contributed by atoms with E-state index in [0.717, 1.165) is 48.3 Å². The lowest BCUT2D eigenvalue weighted by Crippen LogP contribution is -2.36. The van der Waals surface area contributed by atoms with E-state index in [1.165, 1.54) is 0 Å². The van der Waals surface area contributed by atoms with Gasteiger partial charge in [-0.25, -0.2) is 9.78 Å². The zero-order valence-corrected chi connectivity index (χ0v) is 18.5. The van der Waals surface area contributed by atoms with Crippen molar-refractivity contribution in [3.05, 3.63) is 30.1 Å². The van der Waals surface area contributed by atoms with Crippen LogP contribution in [0.5, 0.6) is 0 Å². The lowest BCUT2D eigenvalue weighted by molar-refractivity contribution is -0.121. The Balaban J connectivity index is 1.18. The van der Waals surface area contributed by atoms with E-state index in [-0.39, 0.29) is 24.0 Å². The molecular weight excluding hydrogens is 398 g/mol. The Morgan fingerprint density at radius 3 is 2.97 bits per heavy atom. The number of rotatable bonds is 9. The summed E-state index contributed by atoms with van der Waals surface area (Å²) in [5.74, 6) is 2.11. The number of imidazole rings is 1. The fourth-order valence-electron chi connectivity index (χ4n) is 4.52. The average molecular weight is 430 g/mol. The number of aromatic nitrogens is 2. The highest BCUT2D eigenvalue weighted by molar-refractivity contribution is 8.00. The maximum Gasteiger partial charge on any atom is 0.315 e.